The van der Waals surface area contributed by atoms with Gasteiger partial charge in [0, 0.05) is 24.7 Å². The number of fused-ring (bicyclic) bond motifs is 1. The minimum Gasteiger partial charge on any atom is -0.374 e. The first-order valence-corrected chi connectivity index (χ1v) is 6.16. The second-order valence-electron chi connectivity index (χ2n) is 4.83. The molecule has 100 valence electrons. The van der Waals surface area contributed by atoms with Crippen LogP contribution in [0.4, 0.5) is 0 Å². The van der Waals surface area contributed by atoms with E-state index >= 15 is 0 Å². The molecule has 2 aliphatic rings. The molecule has 1 aromatic heterocycles. The summed E-state index contributed by atoms with van der Waals surface area (Å²) >= 11 is 0. The maximum Gasteiger partial charge on any atom is 0.244 e. The van der Waals surface area contributed by atoms with E-state index < -0.39 is 12.3 Å². The topological polar surface area (TPSA) is 95.4 Å². The molecule has 0 aliphatic carbocycles. The molecule has 2 N–H and O–H groups in total. The van der Waals surface area contributed by atoms with Crippen molar-refractivity contribution in [2.45, 2.75) is 38.6 Å². The van der Waals surface area contributed by atoms with Crippen molar-refractivity contribution >= 4 is 11.8 Å². The van der Waals surface area contributed by atoms with Crippen molar-refractivity contribution in [2.24, 2.45) is 0 Å². The van der Waals surface area contributed by atoms with Gasteiger partial charge in [0.25, 0.3) is 0 Å². The van der Waals surface area contributed by atoms with Crippen LogP contribution in [0.3, 0.4) is 0 Å². The quantitative estimate of drug-likeness (QED) is 0.656. The smallest absolute Gasteiger partial charge is 0.244 e. The number of aromatic nitrogens is 2. The minimum atomic E-state index is -0.889. The van der Waals surface area contributed by atoms with Gasteiger partial charge in [-0.05, 0) is 13.3 Å². The number of carbonyl (C=O) groups excluding carboxylic acids is 2. The Morgan fingerprint density at radius 2 is 2.26 bits per heavy atom. The van der Waals surface area contributed by atoms with Crippen LogP contribution < -0.4 is 5.32 Å². The average molecular weight is 262 g/mol. The third-order valence-electron chi connectivity index (χ3n) is 3.56. The largest absolute Gasteiger partial charge is 0.374 e. The molecule has 7 nitrogen and oxygen atoms in total. The summed E-state index contributed by atoms with van der Waals surface area (Å²) in [7, 11) is 0. The highest BCUT2D eigenvalue weighted by Crippen LogP contribution is 2.33. The predicted molar refractivity (Wildman–Crippen MR) is 63.4 cm³/mol. The van der Waals surface area contributed by atoms with Crippen LogP contribution in [-0.4, -0.2) is 37.8 Å². The fourth-order valence-electron chi connectivity index (χ4n) is 2.59. The number of aliphatic hydroxyl groups excluding tert-OH is 1. The van der Waals surface area contributed by atoms with Crippen LogP contribution in [0.5, 0.6) is 0 Å². The molecule has 3 rings (SSSR count). The van der Waals surface area contributed by atoms with Gasteiger partial charge in [0.05, 0.1) is 11.7 Å². The lowest BCUT2D eigenvalue weighted by Gasteiger charge is -2.31. The number of nitrogens with zero attached hydrogens (tertiary/aromatic N) is 3. The van der Waals surface area contributed by atoms with Gasteiger partial charge in [0.2, 0.25) is 11.8 Å². The van der Waals surface area contributed by atoms with E-state index in [1.54, 1.807) is 18.0 Å². The zero-order chi connectivity index (χ0) is 13.6. The van der Waals surface area contributed by atoms with Gasteiger partial charge in [-0.2, -0.15) is 0 Å². The van der Waals surface area contributed by atoms with Crippen LogP contribution in [0.15, 0.2) is 6.20 Å². The standard InChI is InChI=1S/C12H14N4O3/c1-6-13-4-7-8(14-6)5-16(12(7)19)9-2-3-10(17)15-11(9)18/h4,9,12,19H,2-3,5H2,1H3,(H,15,17,18). The first-order valence-electron chi connectivity index (χ1n) is 6.16. The molecule has 0 spiro atoms. The third kappa shape index (κ3) is 2.00. The molecule has 0 radical (unpaired) electrons. The monoisotopic (exact) mass is 262 g/mol. The molecule has 2 atom stereocenters. The molecule has 1 aromatic rings. The van der Waals surface area contributed by atoms with E-state index in [0.717, 1.165) is 5.69 Å². The Labute approximate surface area is 109 Å². The lowest BCUT2D eigenvalue weighted by molar-refractivity contribution is -0.141. The Balaban J connectivity index is 1.85. The van der Waals surface area contributed by atoms with Crippen LogP contribution in [0.2, 0.25) is 0 Å². The second kappa shape index (κ2) is 4.36. The number of aryl methyl sites for hydroxylation is 1. The van der Waals surface area contributed by atoms with E-state index in [1.165, 1.54) is 0 Å². The summed E-state index contributed by atoms with van der Waals surface area (Å²) in [5, 5.41) is 12.5. The zero-order valence-corrected chi connectivity index (χ0v) is 10.5. The lowest BCUT2D eigenvalue weighted by atomic mass is 10.0. The maximum absolute atomic E-state index is 11.8. The summed E-state index contributed by atoms with van der Waals surface area (Å²) in [6, 6.07) is -0.498. The highest BCUT2D eigenvalue weighted by atomic mass is 16.3. The second-order valence-corrected chi connectivity index (χ2v) is 4.83. The Kier molecular flexibility index (Phi) is 2.79. The van der Waals surface area contributed by atoms with Crippen molar-refractivity contribution in [1.29, 1.82) is 0 Å². The molecule has 0 aromatic carbocycles. The first kappa shape index (κ1) is 12.2. The molecule has 7 heteroatoms. The van der Waals surface area contributed by atoms with Gasteiger partial charge in [-0.3, -0.25) is 19.8 Å². The number of carbonyl (C=O) groups is 2. The fraction of sp³-hybridized carbons (Fsp3) is 0.500. The van der Waals surface area contributed by atoms with E-state index in [1.807, 2.05) is 0 Å². The summed E-state index contributed by atoms with van der Waals surface area (Å²) < 4.78 is 0. The van der Waals surface area contributed by atoms with Crippen molar-refractivity contribution in [3.8, 4) is 0 Å². The van der Waals surface area contributed by atoms with E-state index in [2.05, 4.69) is 15.3 Å². The van der Waals surface area contributed by atoms with Gasteiger partial charge < -0.3 is 5.11 Å². The van der Waals surface area contributed by atoms with E-state index in [-0.39, 0.29) is 11.8 Å². The predicted octanol–water partition coefficient (Wildman–Crippen LogP) is -0.603. The molecule has 0 saturated carbocycles. The third-order valence-corrected chi connectivity index (χ3v) is 3.56. The van der Waals surface area contributed by atoms with Crippen LogP contribution in [-0.2, 0) is 16.1 Å². The number of piperidine rings is 1. The normalized spacial score (nSPS) is 27.3. The molecule has 2 amide bonds. The summed E-state index contributed by atoms with van der Waals surface area (Å²) in [4.78, 5) is 33.0. The van der Waals surface area contributed by atoms with Crippen molar-refractivity contribution in [3.63, 3.8) is 0 Å². The van der Waals surface area contributed by atoms with Crippen molar-refractivity contribution in [2.75, 3.05) is 0 Å². The number of hydrogen-bond acceptors (Lipinski definition) is 6. The average Bonchev–Trinajstić information content (AvgIpc) is 2.66. The molecule has 3 heterocycles. The van der Waals surface area contributed by atoms with Crippen molar-refractivity contribution in [3.05, 3.63) is 23.3 Å². The summed E-state index contributed by atoms with van der Waals surface area (Å²) in [6.07, 6.45) is 1.41. The van der Waals surface area contributed by atoms with Gasteiger partial charge in [0.15, 0.2) is 0 Å². The minimum absolute atomic E-state index is 0.261. The number of hydrogen-bond donors (Lipinski definition) is 2. The van der Waals surface area contributed by atoms with Crippen LogP contribution in [0.25, 0.3) is 0 Å². The Bertz CT molecular complexity index is 560. The van der Waals surface area contributed by atoms with Gasteiger partial charge in [-0.1, -0.05) is 0 Å². The Morgan fingerprint density at radius 3 is 3.00 bits per heavy atom. The molecule has 19 heavy (non-hydrogen) atoms. The lowest BCUT2D eigenvalue weighted by Crippen LogP contribution is -2.51. The molecule has 0 bridgehead atoms. The maximum atomic E-state index is 11.8. The van der Waals surface area contributed by atoms with Crippen molar-refractivity contribution in [1.82, 2.24) is 20.2 Å². The fourth-order valence-corrected chi connectivity index (χ4v) is 2.59. The number of imide groups is 1. The van der Waals surface area contributed by atoms with Gasteiger partial charge in [-0.15, -0.1) is 0 Å². The molecule has 1 saturated heterocycles. The highest BCUT2D eigenvalue weighted by molar-refractivity contribution is 6.00. The highest BCUT2D eigenvalue weighted by Gasteiger charge is 2.40. The van der Waals surface area contributed by atoms with Crippen LogP contribution in [0.1, 0.15) is 36.2 Å². The zero-order valence-electron chi connectivity index (χ0n) is 10.5. The van der Waals surface area contributed by atoms with Crippen LogP contribution >= 0.6 is 0 Å². The van der Waals surface area contributed by atoms with Gasteiger partial charge in [-0.25, -0.2) is 9.97 Å². The number of nitrogens with one attached hydrogen (secondary N) is 1. The number of amides is 2. The molecule has 2 aliphatic heterocycles. The van der Waals surface area contributed by atoms with Crippen molar-refractivity contribution < 1.29 is 14.7 Å². The van der Waals surface area contributed by atoms with E-state index in [4.69, 9.17) is 0 Å². The molecular weight excluding hydrogens is 248 g/mol. The summed E-state index contributed by atoms with van der Waals surface area (Å²) in [5.41, 5.74) is 1.38. The van der Waals surface area contributed by atoms with Gasteiger partial charge in [0.1, 0.15) is 12.1 Å². The van der Waals surface area contributed by atoms with E-state index in [0.29, 0.717) is 30.8 Å². The summed E-state index contributed by atoms with van der Waals surface area (Å²) in [6.45, 7) is 2.17. The molecule has 2 unspecified atom stereocenters. The summed E-state index contributed by atoms with van der Waals surface area (Å²) in [5.74, 6) is 0.0203. The first-order chi connectivity index (χ1) is 9.06. The van der Waals surface area contributed by atoms with Gasteiger partial charge >= 0.3 is 0 Å². The number of aliphatic hydroxyl groups is 1. The molecular formula is C12H14N4O3. The van der Waals surface area contributed by atoms with E-state index in [9.17, 15) is 14.7 Å². The Hall–Kier alpha value is -1.86. The molecule has 1 fully saturated rings. The number of rotatable bonds is 1. The van der Waals surface area contributed by atoms with Crippen LogP contribution in [0, 0.1) is 6.92 Å². The Morgan fingerprint density at radius 1 is 1.47 bits per heavy atom. The SMILES string of the molecule is Cc1ncc2c(n1)CN(C1CCC(=O)NC1=O)C2O.